The molecule has 1 aliphatic carbocycles. The molecule has 1 fully saturated rings. The molecule has 0 radical (unpaired) electrons. The fraction of sp³-hybridized carbons (Fsp3) is 0.600. The first kappa shape index (κ1) is 18.9. The highest BCUT2D eigenvalue weighted by Crippen LogP contribution is 2.32. The van der Waals surface area contributed by atoms with Crippen molar-refractivity contribution in [2.45, 2.75) is 55.3 Å². The Morgan fingerprint density at radius 2 is 2.00 bits per heavy atom. The van der Waals surface area contributed by atoms with Gasteiger partial charge in [0.2, 0.25) is 5.91 Å². The topological polar surface area (TPSA) is 113 Å². The Balaban J connectivity index is 2.06. The minimum absolute atomic E-state index is 0.113. The molecule has 0 aromatic carbocycles. The van der Waals surface area contributed by atoms with Crippen LogP contribution in [0.5, 0.6) is 0 Å². The molecule has 1 aromatic rings. The average molecular weight is 374 g/mol. The van der Waals surface area contributed by atoms with Gasteiger partial charge in [0.15, 0.2) is 0 Å². The molecule has 1 atom stereocenters. The summed E-state index contributed by atoms with van der Waals surface area (Å²) >= 11 is 1.05. The van der Waals surface area contributed by atoms with Gasteiger partial charge in [0, 0.05) is 0 Å². The molecule has 0 spiro atoms. The molecule has 0 bridgehead atoms. The summed E-state index contributed by atoms with van der Waals surface area (Å²) in [4.78, 5) is 24.0. The molecule has 7 nitrogen and oxygen atoms in total. The number of amides is 1. The summed E-state index contributed by atoms with van der Waals surface area (Å²) in [7, 11) is -3.79. The molecule has 9 heteroatoms. The summed E-state index contributed by atoms with van der Waals surface area (Å²) < 4.78 is 26.7. The number of carboxylic acid groups (broad SMARTS) is 1. The van der Waals surface area contributed by atoms with Crippen LogP contribution in [0, 0.1) is 5.92 Å². The molecule has 1 heterocycles. The van der Waals surface area contributed by atoms with Crippen molar-refractivity contribution in [2.24, 2.45) is 5.92 Å². The molecule has 3 N–H and O–H groups in total. The molecule has 2 rings (SSSR count). The van der Waals surface area contributed by atoms with Crippen molar-refractivity contribution in [1.82, 2.24) is 10.0 Å². The second-order valence-corrected chi connectivity index (χ2v) is 9.22. The highest BCUT2D eigenvalue weighted by atomic mass is 32.2. The molecule has 1 aliphatic rings. The largest absolute Gasteiger partial charge is 0.480 e. The highest BCUT2D eigenvalue weighted by Gasteiger charge is 2.43. The van der Waals surface area contributed by atoms with Crippen LogP contribution in [0.1, 0.15) is 39.5 Å². The molecule has 24 heavy (non-hydrogen) atoms. The number of sulfonamides is 1. The second-order valence-electron chi connectivity index (χ2n) is 6.33. The molecule has 1 saturated carbocycles. The number of aliphatic carboxylic acids is 1. The fourth-order valence-electron chi connectivity index (χ4n) is 2.75. The number of nitrogens with one attached hydrogen (secondary N) is 2. The third-order valence-corrected chi connectivity index (χ3v) is 7.32. The SMILES string of the molecule is CC1CCC(NC(=O)C(C)NS(=O)(=O)c2cccs2)(C(=O)O)CC1. The van der Waals surface area contributed by atoms with Crippen LogP contribution in [0.3, 0.4) is 0 Å². The lowest BCUT2D eigenvalue weighted by molar-refractivity contribution is -0.149. The zero-order valence-corrected chi connectivity index (χ0v) is 15.2. The van der Waals surface area contributed by atoms with Crippen LogP contribution in [0.15, 0.2) is 21.7 Å². The van der Waals surface area contributed by atoms with Gasteiger partial charge in [-0.05, 0) is 50.0 Å². The van der Waals surface area contributed by atoms with Crippen LogP contribution >= 0.6 is 11.3 Å². The molecule has 1 amide bonds. The Morgan fingerprint density at radius 1 is 1.38 bits per heavy atom. The maximum Gasteiger partial charge on any atom is 0.329 e. The summed E-state index contributed by atoms with van der Waals surface area (Å²) in [5, 5.41) is 13.7. The van der Waals surface area contributed by atoms with Crippen molar-refractivity contribution >= 4 is 33.2 Å². The summed E-state index contributed by atoms with van der Waals surface area (Å²) in [6.45, 7) is 3.45. The van der Waals surface area contributed by atoms with E-state index in [9.17, 15) is 23.1 Å². The van der Waals surface area contributed by atoms with Gasteiger partial charge < -0.3 is 10.4 Å². The maximum atomic E-state index is 12.4. The van der Waals surface area contributed by atoms with Gasteiger partial charge >= 0.3 is 5.97 Å². The van der Waals surface area contributed by atoms with Gasteiger partial charge in [-0.1, -0.05) is 13.0 Å². The minimum atomic E-state index is -3.79. The van der Waals surface area contributed by atoms with Gasteiger partial charge in [-0.25, -0.2) is 13.2 Å². The summed E-state index contributed by atoms with van der Waals surface area (Å²) in [5.74, 6) is -1.28. The Bertz CT molecular complexity index is 691. The van der Waals surface area contributed by atoms with Gasteiger partial charge in [-0.2, -0.15) is 4.72 Å². The smallest absolute Gasteiger partial charge is 0.329 e. The van der Waals surface area contributed by atoms with Crippen LogP contribution in [0.2, 0.25) is 0 Å². The van der Waals surface area contributed by atoms with E-state index in [1.807, 2.05) is 6.92 Å². The second kappa shape index (κ2) is 7.20. The number of carboxylic acids is 1. The van der Waals surface area contributed by atoms with E-state index in [0.29, 0.717) is 31.6 Å². The Kier molecular flexibility index (Phi) is 5.67. The monoisotopic (exact) mass is 374 g/mol. The molecule has 0 saturated heterocycles. The van der Waals surface area contributed by atoms with E-state index in [-0.39, 0.29) is 4.21 Å². The maximum absolute atomic E-state index is 12.4. The first-order chi connectivity index (χ1) is 11.2. The van der Waals surface area contributed by atoms with Gasteiger partial charge in [0.25, 0.3) is 10.0 Å². The molecule has 0 aliphatic heterocycles. The third kappa shape index (κ3) is 4.14. The molecule has 1 aromatic heterocycles. The van der Waals surface area contributed by atoms with E-state index in [2.05, 4.69) is 10.0 Å². The van der Waals surface area contributed by atoms with Gasteiger partial charge in [0.1, 0.15) is 9.75 Å². The van der Waals surface area contributed by atoms with E-state index >= 15 is 0 Å². The molecule has 1 unspecified atom stereocenters. The minimum Gasteiger partial charge on any atom is -0.480 e. The summed E-state index contributed by atoms with van der Waals surface area (Å²) in [6, 6.07) is 1.98. The van der Waals surface area contributed by atoms with Crippen molar-refractivity contribution in [3.05, 3.63) is 17.5 Å². The Labute approximate surface area is 145 Å². The number of thiophene rings is 1. The van der Waals surface area contributed by atoms with Crippen molar-refractivity contribution in [2.75, 3.05) is 0 Å². The Hall–Kier alpha value is -1.45. The van der Waals surface area contributed by atoms with Crippen LogP contribution < -0.4 is 10.0 Å². The standard InChI is InChI=1S/C15H22N2O5S2/c1-10-5-7-15(8-6-10,14(19)20)16-13(18)11(2)17-24(21,22)12-4-3-9-23-12/h3-4,9-11,17H,5-8H2,1-2H3,(H,16,18)(H,19,20). The fourth-order valence-corrected chi connectivity index (χ4v) is 4.96. The number of carbonyl (C=O) groups excluding carboxylic acids is 1. The van der Waals surface area contributed by atoms with Crippen molar-refractivity contribution < 1.29 is 23.1 Å². The third-order valence-electron chi connectivity index (χ3n) is 4.38. The lowest BCUT2D eigenvalue weighted by Crippen LogP contribution is -2.59. The van der Waals surface area contributed by atoms with Gasteiger partial charge in [-0.3, -0.25) is 4.79 Å². The quantitative estimate of drug-likeness (QED) is 0.699. The first-order valence-electron chi connectivity index (χ1n) is 7.77. The lowest BCUT2D eigenvalue weighted by Gasteiger charge is -2.37. The van der Waals surface area contributed by atoms with Crippen molar-refractivity contribution in [3.8, 4) is 0 Å². The molecular weight excluding hydrogens is 352 g/mol. The van der Waals surface area contributed by atoms with Crippen LogP contribution in [-0.2, 0) is 19.6 Å². The highest BCUT2D eigenvalue weighted by molar-refractivity contribution is 7.91. The number of carbonyl (C=O) groups is 2. The molecule has 134 valence electrons. The van der Waals surface area contributed by atoms with Crippen molar-refractivity contribution in [3.63, 3.8) is 0 Å². The summed E-state index contributed by atoms with van der Waals surface area (Å²) in [5.41, 5.74) is -1.31. The number of hydrogen-bond acceptors (Lipinski definition) is 5. The van der Waals surface area contributed by atoms with E-state index in [0.717, 1.165) is 11.3 Å². The zero-order valence-electron chi connectivity index (χ0n) is 13.6. The molecular formula is C15H22N2O5S2. The normalized spacial score (nSPS) is 25.8. The van der Waals surface area contributed by atoms with Crippen LogP contribution in [0.25, 0.3) is 0 Å². The number of rotatable bonds is 6. The zero-order chi connectivity index (χ0) is 18.0. The number of hydrogen-bond donors (Lipinski definition) is 3. The predicted molar refractivity (Wildman–Crippen MR) is 90.2 cm³/mol. The van der Waals surface area contributed by atoms with E-state index in [1.165, 1.54) is 13.0 Å². The van der Waals surface area contributed by atoms with Crippen molar-refractivity contribution in [1.29, 1.82) is 0 Å². The van der Waals surface area contributed by atoms with Crippen LogP contribution in [0.4, 0.5) is 0 Å². The van der Waals surface area contributed by atoms with Gasteiger partial charge in [-0.15, -0.1) is 11.3 Å². The van der Waals surface area contributed by atoms with E-state index < -0.39 is 33.5 Å². The Morgan fingerprint density at radius 3 is 2.50 bits per heavy atom. The van der Waals surface area contributed by atoms with E-state index in [1.54, 1.807) is 11.4 Å². The van der Waals surface area contributed by atoms with Crippen LogP contribution in [-0.4, -0.2) is 37.0 Å². The lowest BCUT2D eigenvalue weighted by atomic mass is 9.77. The average Bonchev–Trinajstić information content (AvgIpc) is 3.04. The summed E-state index contributed by atoms with van der Waals surface area (Å²) in [6.07, 6.45) is 2.11. The predicted octanol–water partition coefficient (Wildman–Crippen LogP) is 1.56. The van der Waals surface area contributed by atoms with Gasteiger partial charge in [0.05, 0.1) is 6.04 Å². The first-order valence-corrected chi connectivity index (χ1v) is 10.1. The van der Waals surface area contributed by atoms with E-state index in [4.69, 9.17) is 0 Å².